The maximum absolute atomic E-state index is 12.3. The molecule has 1 amide bonds. The number of hydrogen-bond donors (Lipinski definition) is 1. The molecule has 0 saturated heterocycles. The number of nitrogens with one attached hydrogen (secondary N) is 1. The highest BCUT2D eigenvalue weighted by Crippen LogP contribution is 2.35. The molecule has 0 radical (unpaired) electrons. The van der Waals surface area contributed by atoms with Crippen LogP contribution in [0.25, 0.3) is 11.6 Å². The predicted octanol–water partition coefficient (Wildman–Crippen LogP) is 3.48. The Morgan fingerprint density at radius 1 is 1.10 bits per heavy atom. The van der Waals surface area contributed by atoms with E-state index in [1.807, 2.05) is 31.2 Å². The molecule has 2 aromatic heterocycles. The Labute approximate surface area is 181 Å². The van der Waals surface area contributed by atoms with Crippen molar-refractivity contribution in [3.63, 3.8) is 0 Å². The summed E-state index contributed by atoms with van der Waals surface area (Å²) >= 11 is 0. The van der Waals surface area contributed by atoms with Crippen LogP contribution in [0.15, 0.2) is 41.1 Å². The van der Waals surface area contributed by atoms with Gasteiger partial charge >= 0.3 is 0 Å². The van der Waals surface area contributed by atoms with Crippen LogP contribution < -0.4 is 10.1 Å². The van der Waals surface area contributed by atoms with Gasteiger partial charge in [0.05, 0.1) is 25.4 Å². The van der Waals surface area contributed by atoms with Gasteiger partial charge in [-0.25, -0.2) is 4.98 Å². The summed E-state index contributed by atoms with van der Waals surface area (Å²) in [6.45, 7) is 2.59. The molecule has 1 aromatic carbocycles. The summed E-state index contributed by atoms with van der Waals surface area (Å²) < 4.78 is 11.0. The van der Waals surface area contributed by atoms with Crippen molar-refractivity contribution in [3.05, 3.63) is 53.8 Å². The number of hydrogen-bond acceptors (Lipinski definition) is 7. The lowest BCUT2D eigenvalue weighted by Crippen LogP contribution is -2.32. The molecule has 1 N–H and O–H groups in total. The average molecular weight is 422 g/mol. The number of nitrogens with zero attached hydrogens (tertiary/aromatic N) is 4. The van der Waals surface area contributed by atoms with E-state index in [2.05, 4.69) is 25.5 Å². The van der Waals surface area contributed by atoms with E-state index < -0.39 is 0 Å². The first-order valence-electron chi connectivity index (χ1n) is 10.6. The molecule has 31 heavy (non-hydrogen) atoms. The van der Waals surface area contributed by atoms with Crippen molar-refractivity contribution in [2.24, 2.45) is 5.92 Å². The van der Waals surface area contributed by atoms with E-state index in [0.717, 1.165) is 42.7 Å². The molecule has 2 heterocycles. The van der Waals surface area contributed by atoms with Gasteiger partial charge in [0.15, 0.2) is 0 Å². The summed E-state index contributed by atoms with van der Waals surface area (Å²) in [5.41, 5.74) is 2.42. The first-order valence-corrected chi connectivity index (χ1v) is 10.6. The number of aryl methyl sites for hydroxylation is 1. The zero-order valence-corrected chi connectivity index (χ0v) is 17.9. The molecule has 0 spiro atoms. The Morgan fingerprint density at radius 2 is 1.87 bits per heavy atom. The second kappa shape index (κ2) is 9.68. The number of benzene rings is 1. The monoisotopic (exact) mass is 421 g/mol. The van der Waals surface area contributed by atoms with E-state index in [1.54, 1.807) is 19.5 Å². The molecule has 4 rings (SSSR count). The molecule has 162 valence electrons. The second-order valence-electron chi connectivity index (χ2n) is 8.04. The van der Waals surface area contributed by atoms with E-state index >= 15 is 0 Å². The number of methoxy groups -OCH3 is 1. The largest absolute Gasteiger partial charge is 0.497 e. The van der Waals surface area contributed by atoms with E-state index in [-0.39, 0.29) is 11.8 Å². The number of carbonyl (C=O) groups is 1. The molecule has 1 aliphatic rings. The molecule has 1 fully saturated rings. The van der Waals surface area contributed by atoms with Gasteiger partial charge in [0.1, 0.15) is 11.4 Å². The van der Waals surface area contributed by atoms with E-state index in [1.165, 1.54) is 0 Å². The summed E-state index contributed by atoms with van der Waals surface area (Å²) in [6.07, 6.45) is 7.71. The Kier molecular flexibility index (Phi) is 6.54. The smallest absolute Gasteiger partial charge is 0.267 e. The van der Waals surface area contributed by atoms with Crippen LogP contribution >= 0.6 is 0 Å². The molecule has 0 aliphatic heterocycles. The van der Waals surface area contributed by atoms with Gasteiger partial charge < -0.3 is 14.5 Å². The van der Waals surface area contributed by atoms with E-state index in [4.69, 9.17) is 9.15 Å². The molecule has 3 aromatic rings. The van der Waals surface area contributed by atoms with Crippen molar-refractivity contribution in [2.45, 2.75) is 44.9 Å². The van der Waals surface area contributed by atoms with Gasteiger partial charge in [-0.3, -0.25) is 9.78 Å². The lowest BCUT2D eigenvalue weighted by Gasteiger charge is -2.26. The standard InChI is InChI=1S/C23H27N5O3/c1-15-12-25-20(14-24-15)23-28-27-22(31-23)18-7-3-17(4-8-18)13-26-21(29)11-16-5-9-19(30-2)10-6-16/h5-6,9-10,12,14,17-18H,3-4,7-8,11,13H2,1-2H3,(H,26,29). The van der Waals surface area contributed by atoms with Gasteiger partial charge in [0.2, 0.25) is 11.8 Å². The van der Waals surface area contributed by atoms with E-state index in [0.29, 0.717) is 36.4 Å². The van der Waals surface area contributed by atoms with Crippen LogP contribution in [0.3, 0.4) is 0 Å². The SMILES string of the molecule is COc1ccc(CC(=O)NCC2CCC(c3nnc(-c4cnc(C)cn4)o3)CC2)cc1. The van der Waals surface area contributed by atoms with Crippen LogP contribution in [0.5, 0.6) is 5.75 Å². The highest BCUT2D eigenvalue weighted by Gasteiger charge is 2.27. The quantitative estimate of drug-likeness (QED) is 0.623. The van der Waals surface area contributed by atoms with Gasteiger partial charge in [-0.1, -0.05) is 12.1 Å². The molecular formula is C23H27N5O3. The summed E-state index contributed by atoms with van der Waals surface area (Å²) in [7, 11) is 1.63. The van der Waals surface area contributed by atoms with E-state index in [9.17, 15) is 4.79 Å². The van der Waals surface area contributed by atoms with Gasteiger partial charge in [0.25, 0.3) is 5.89 Å². The third-order valence-corrected chi connectivity index (χ3v) is 5.75. The molecule has 0 bridgehead atoms. The van der Waals surface area contributed by atoms with Gasteiger partial charge in [0, 0.05) is 18.7 Å². The van der Waals surface area contributed by atoms with Crippen molar-refractivity contribution in [1.82, 2.24) is 25.5 Å². The van der Waals surface area contributed by atoms with Crippen LogP contribution in [-0.4, -0.2) is 39.7 Å². The summed E-state index contributed by atoms with van der Waals surface area (Å²) in [5.74, 6) is 2.65. The first-order chi connectivity index (χ1) is 15.1. The topological polar surface area (TPSA) is 103 Å². The molecule has 0 atom stereocenters. The fraction of sp³-hybridized carbons (Fsp3) is 0.435. The maximum atomic E-state index is 12.3. The summed E-state index contributed by atoms with van der Waals surface area (Å²) in [4.78, 5) is 20.8. The Bertz CT molecular complexity index is 993. The summed E-state index contributed by atoms with van der Waals surface area (Å²) in [5, 5.41) is 11.4. The number of aromatic nitrogens is 4. The lowest BCUT2D eigenvalue weighted by atomic mass is 9.82. The molecule has 8 nitrogen and oxygen atoms in total. The zero-order valence-electron chi connectivity index (χ0n) is 17.9. The highest BCUT2D eigenvalue weighted by molar-refractivity contribution is 5.78. The van der Waals surface area contributed by atoms with Crippen molar-refractivity contribution < 1.29 is 13.9 Å². The maximum Gasteiger partial charge on any atom is 0.267 e. The van der Waals surface area contributed by atoms with Crippen LogP contribution in [0.1, 0.15) is 48.7 Å². The average Bonchev–Trinajstić information content (AvgIpc) is 3.29. The van der Waals surface area contributed by atoms with Crippen LogP contribution in [0.4, 0.5) is 0 Å². The van der Waals surface area contributed by atoms with Crippen molar-refractivity contribution in [1.29, 1.82) is 0 Å². The fourth-order valence-corrected chi connectivity index (χ4v) is 3.87. The minimum absolute atomic E-state index is 0.0491. The van der Waals surface area contributed by atoms with Crippen molar-refractivity contribution in [3.8, 4) is 17.3 Å². The molecular weight excluding hydrogens is 394 g/mol. The zero-order chi connectivity index (χ0) is 21.6. The van der Waals surface area contributed by atoms with Crippen molar-refractivity contribution >= 4 is 5.91 Å². The van der Waals surface area contributed by atoms with Crippen LogP contribution in [0, 0.1) is 12.8 Å². The molecule has 1 saturated carbocycles. The minimum atomic E-state index is 0.0491. The molecule has 0 unspecified atom stereocenters. The number of carbonyl (C=O) groups excluding carboxylic acids is 1. The number of amides is 1. The Morgan fingerprint density at radius 3 is 2.55 bits per heavy atom. The number of ether oxygens (including phenoxy) is 1. The van der Waals surface area contributed by atoms with Crippen molar-refractivity contribution in [2.75, 3.05) is 13.7 Å². The number of rotatable bonds is 7. The Hall–Kier alpha value is -3.29. The third-order valence-electron chi connectivity index (χ3n) is 5.75. The van der Waals surface area contributed by atoms with Gasteiger partial charge in [-0.15, -0.1) is 10.2 Å². The predicted molar refractivity (Wildman–Crippen MR) is 114 cm³/mol. The highest BCUT2D eigenvalue weighted by atomic mass is 16.5. The van der Waals surface area contributed by atoms with Crippen LogP contribution in [0.2, 0.25) is 0 Å². The molecule has 8 heteroatoms. The second-order valence-corrected chi connectivity index (χ2v) is 8.04. The normalized spacial score (nSPS) is 18.5. The first kappa shape index (κ1) is 21.0. The lowest BCUT2D eigenvalue weighted by molar-refractivity contribution is -0.120. The Balaban J connectivity index is 1.22. The molecule has 1 aliphatic carbocycles. The van der Waals surface area contributed by atoms with Gasteiger partial charge in [-0.05, 0) is 56.2 Å². The minimum Gasteiger partial charge on any atom is -0.497 e. The van der Waals surface area contributed by atoms with Gasteiger partial charge in [-0.2, -0.15) is 0 Å². The fourth-order valence-electron chi connectivity index (χ4n) is 3.87. The summed E-state index contributed by atoms with van der Waals surface area (Å²) in [6, 6.07) is 7.59. The third kappa shape index (κ3) is 5.45. The van der Waals surface area contributed by atoms with Crippen LogP contribution in [-0.2, 0) is 11.2 Å².